The highest BCUT2D eigenvalue weighted by Crippen LogP contribution is 2.52. The first kappa shape index (κ1) is 12.7. The molecule has 0 saturated carbocycles. The van der Waals surface area contributed by atoms with Gasteiger partial charge >= 0.3 is 0 Å². The van der Waals surface area contributed by atoms with Crippen LogP contribution in [0.5, 0.6) is 5.75 Å². The molecule has 108 valence electrons. The number of ketones is 1. The van der Waals surface area contributed by atoms with Crippen molar-refractivity contribution >= 4 is 16.7 Å². The number of carbonyl (C=O) groups is 1. The molecular formula is C16H17N3O2. The highest BCUT2D eigenvalue weighted by Gasteiger charge is 2.63. The molecule has 0 amide bonds. The maximum Gasteiger partial charge on any atom is 0.174 e. The molecule has 4 rings (SSSR count). The van der Waals surface area contributed by atoms with Crippen LogP contribution >= 0.6 is 0 Å². The average Bonchev–Trinajstić information content (AvgIpc) is 3.22. The zero-order valence-electron chi connectivity index (χ0n) is 12.3. The molecule has 3 atom stereocenters. The minimum absolute atomic E-state index is 0.0209. The van der Waals surface area contributed by atoms with Crippen LogP contribution in [0, 0.1) is 5.41 Å². The summed E-state index contributed by atoms with van der Waals surface area (Å²) >= 11 is 0. The minimum atomic E-state index is -0.409. The number of hydrazine groups is 1. The van der Waals surface area contributed by atoms with E-state index in [1.54, 1.807) is 13.3 Å². The molecule has 1 aromatic heterocycles. The molecule has 0 radical (unpaired) electrons. The van der Waals surface area contributed by atoms with E-state index in [-0.39, 0.29) is 18.0 Å². The van der Waals surface area contributed by atoms with Gasteiger partial charge in [0.25, 0.3) is 0 Å². The summed E-state index contributed by atoms with van der Waals surface area (Å²) in [7, 11) is 1.65. The normalized spacial score (nSPS) is 29.5. The number of hydrogen-bond donors (Lipinski definition) is 1. The Hall–Kier alpha value is -1.98. The van der Waals surface area contributed by atoms with Crippen molar-refractivity contribution in [3.05, 3.63) is 36.0 Å². The van der Waals surface area contributed by atoms with Gasteiger partial charge in [0.1, 0.15) is 17.4 Å². The predicted molar refractivity (Wildman–Crippen MR) is 78.6 cm³/mol. The van der Waals surface area contributed by atoms with Gasteiger partial charge in [0.15, 0.2) is 5.78 Å². The Morgan fingerprint density at radius 1 is 1.33 bits per heavy atom. The zero-order chi connectivity index (χ0) is 14.8. The highest BCUT2D eigenvalue weighted by atomic mass is 16.5. The van der Waals surface area contributed by atoms with Gasteiger partial charge in [-0.1, -0.05) is 26.0 Å². The lowest BCUT2D eigenvalue weighted by molar-refractivity contribution is -0.125. The summed E-state index contributed by atoms with van der Waals surface area (Å²) in [6, 6.07) is 7.96. The molecule has 0 spiro atoms. The fourth-order valence-electron chi connectivity index (χ4n) is 3.46. The third kappa shape index (κ3) is 1.58. The molecule has 3 unspecified atom stereocenters. The van der Waals surface area contributed by atoms with E-state index in [2.05, 4.69) is 10.4 Å². The van der Waals surface area contributed by atoms with Crippen molar-refractivity contribution in [2.24, 2.45) is 5.41 Å². The molecule has 3 heterocycles. The molecule has 1 N–H and O–H groups in total. The monoisotopic (exact) mass is 283 g/mol. The third-order valence-corrected chi connectivity index (χ3v) is 4.61. The lowest BCUT2D eigenvalue weighted by Gasteiger charge is -2.29. The summed E-state index contributed by atoms with van der Waals surface area (Å²) in [4.78, 5) is 16.8. The molecule has 5 heteroatoms. The molecule has 1 aromatic carbocycles. The average molecular weight is 283 g/mol. The molecule has 0 aliphatic carbocycles. The fourth-order valence-corrected chi connectivity index (χ4v) is 3.46. The number of nitrogens with one attached hydrogen (secondary N) is 1. The number of aromatic nitrogens is 1. The molecule has 5 nitrogen and oxygen atoms in total. The summed E-state index contributed by atoms with van der Waals surface area (Å²) < 4.78 is 5.40. The number of nitrogens with zero attached hydrogens (tertiary/aromatic N) is 2. The van der Waals surface area contributed by atoms with Gasteiger partial charge in [0.2, 0.25) is 0 Å². The Morgan fingerprint density at radius 2 is 2.14 bits per heavy atom. The van der Waals surface area contributed by atoms with Crippen LogP contribution in [0.25, 0.3) is 10.9 Å². The van der Waals surface area contributed by atoms with Crippen LogP contribution in [0.2, 0.25) is 0 Å². The standard InChI is InChI=1S/C16H17N3O2/c1-16(2)13(19-15(18-19)14(16)20)10-6-7-11(21-3)12-9(10)5-4-8-17-12/h4-8,13,15,18H,1-3H3. The quantitative estimate of drug-likeness (QED) is 0.854. The maximum absolute atomic E-state index is 12.4. The summed E-state index contributed by atoms with van der Waals surface area (Å²) in [5.41, 5.74) is 4.69. The van der Waals surface area contributed by atoms with E-state index in [1.807, 2.05) is 43.1 Å². The molecule has 0 bridgehead atoms. The first-order valence-corrected chi connectivity index (χ1v) is 7.06. The van der Waals surface area contributed by atoms with Gasteiger partial charge in [-0.25, -0.2) is 10.4 Å². The van der Waals surface area contributed by atoms with Crippen LogP contribution in [-0.4, -0.2) is 29.1 Å². The van der Waals surface area contributed by atoms with Gasteiger partial charge in [-0.2, -0.15) is 0 Å². The number of pyridine rings is 1. The number of benzene rings is 1. The lowest BCUT2D eigenvalue weighted by atomic mass is 9.78. The number of methoxy groups -OCH3 is 1. The summed E-state index contributed by atoms with van der Waals surface area (Å²) in [6.45, 7) is 4.03. The topological polar surface area (TPSA) is 64.1 Å². The smallest absolute Gasteiger partial charge is 0.174 e. The minimum Gasteiger partial charge on any atom is -0.494 e. The van der Waals surface area contributed by atoms with E-state index in [9.17, 15) is 4.79 Å². The van der Waals surface area contributed by atoms with Crippen molar-refractivity contribution in [1.82, 2.24) is 15.4 Å². The molecule has 2 saturated heterocycles. The lowest BCUT2D eigenvalue weighted by Crippen LogP contribution is -2.33. The Morgan fingerprint density at radius 3 is 2.81 bits per heavy atom. The van der Waals surface area contributed by atoms with Crippen molar-refractivity contribution in [3.8, 4) is 5.75 Å². The Balaban J connectivity index is 1.94. The van der Waals surface area contributed by atoms with Gasteiger partial charge in [-0.05, 0) is 17.7 Å². The van der Waals surface area contributed by atoms with E-state index in [0.29, 0.717) is 0 Å². The molecular weight excluding hydrogens is 266 g/mol. The van der Waals surface area contributed by atoms with Crippen molar-refractivity contribution in [3.63, 3.8) is 0 Å². The van der Waals surface area contributed by atoms with Crippen LogP contribution in [0.1, 0.15) is 25.5 Å². The molecule has 2 aliphatic heterocycles. The summed E-state index contributed by atoms with van der Waals surface area (Å²) in [5, 5.41) is 3.08. The Labute approximate surface area is 122 Å². The SMILES string of the molecule is COc1ccc(C2N3NC3C(=O)C2(C)C)c2cccnc12. The predicted octanol–water partition coefficient (Wildman–Crippen LogP) is 2.04. The van der Waals surface area contributed by atoms with Crippen LogP contribution in [0.4, 0.5) is 0 Å². The molecule has 21 heavy (non-hydrogen) atoms. The Kier molecular flexibility index (Phi) is 2.44. The fraction of sp³-hybridized carbons (Fsp3) is 0.375. The third-order valence-electron chi connectivity index (χ3n) is 4.61. The van der Waals surface area contributed by atoms with E-state index in [1.165, 1.54) is 0 Å². The van der Waals surface area contributed by atoms with Gasteiger partial charge < -0.3 is 4.74 Å². The van der Waals surface area contributed by atoms with Crippen molar-refractivity contribution in [1.29, 1.82) is 0 Å². The number of hydrogen-bond acceptors (Lipinski definition) is 5. The van der Waals surface area contributed by atoms with E-state index < -0.39 is 5.41 Å². The maximum atomic E-state index is 12.4. The van der Waals surface area contributed by atoms with E-state index in [4.69, 9.17) is 4.74 Å². The number of fused-ring (bicyclic) bond motifs is 2. The van der Waals surface area contributed by atoms with Crippen LogP contribution < -0.4 is 10.2 Å². The second kappa shape index (κ2) is 4.02. The van der Waals surface area contributed by atoms with Crippen molar-refractivity contribution in [2.45, 2.75) is 26.1 Å². The van der Waals surface area contributed by atoms with E-state index in [0.717, 1.165) is 22.2 Å². The molecule has 2 fully saturated rings. The summed E-state index contributed by atoms with van der Waals surface area (Å²) in [5.74, 6) is 1.01. The van der Waals surface area contributed by atoms with Gasteiger partial charge in [0.05, 0.1) is 13.2 Å². The Bertz CT molecular complexity index is 756. The van der Waals surface area contributed by atoms with Crippen LogP contribution in [0.15, 0.2) is 30.5 Å². The van der Waals surface area contributed by atoms with Crippen LogP contribution in [-0.2, 0) is 4.79 Å². The molecule has 2 aliphatic rings. The van der Waals surface area contributed by atoms with Crippen molar-refractivity contribution < 1.29 is 9.53 Å². The number of carbonyl (C=O) groups excluding carboxylic acids is 1. The number of rotatable bonds is 2. The van der Waals surface area contributed by atoms with Gasteiger partial charge in [-0.15, -0.1) is 0 Å². The van der Waals surface area contributed by atoms with Crippen LogP contribution in [0.3, 0.4) is 0 Å². The first-order valence-electron chi connectivity index (χ1n) is 7.06. The highest BCUT2D eigenvalue weighted by molar-refractivity contribution is 5.96. The summed E-state index contributed by atoms with van der Waals surface area (Å²) in [6.07, 6.45) is 1.64. The largest absolute Gasteiger partial charge is 0.494 e. The van der Waals surface area contributed by atoms with Gasteiger partial charge in [-0.3, -0.25) is 9.78 Å². The van der Waals surface area contributed by atoms with Gasteiger partial charge in [0, 0.05) is 17.0 Å². The first-order chi connectivity index (χ1) is 10.1. The second-order valence-electron chi connectivity index (χ2n) is 6.18. The number of Topliss-reactive ketones (excluding diaryl/α,β-unsaturated/α-hetero) is 1. The van der Waals surface area contributed by atoms with Crippen molar-refractivity contribution in [2.75, 3.05) is 7.11 Å². The second-order valence-corrected chi connectivity index (χ2v) is 6.18. The molecule has 2 aromatic rings. The van der Waals surface area contributed by atoms with E-state index >= 15 is 0 Å². The zero-order valence-corrected chi connectivity index (χ0v) is 12.3. The number of ether oxygens (including phenoxy) is 1.